The fourth-order valence-corrected chi connectivity index (χ4v) is 1.83. The molecule has 9 nitrogen and oxygen atoms in total. The first-order valence-corrected chi connectivity index (χ1v) is 6.16. The molecule has 3 unspecified atom stereocenters. The van der Waals surface area contributed by atoms with Crippen LogP contribution in [0.5, 0.6) is 0 Å². The van der Waals surface area contributed by atoms with Gasteiger partial charge in [-0.2, -0.15) is 0 Å². The Morgan fingerprint density at radius 3 is 2.00 bits per heavy atom. The number of ether oxygens (including phenoxy) is 1. The van der Waals surface area contributed by atoms with Crippen LogP contribution in [0.2, 0.25) is 0 Å². The van der Waals surface area contributed by atoms with Gasteiger partial charge in [-0.25, -0.2) is 0 Å². The normalized spacial score (nSPS) is 42.1. The molecule has 1 fully saturated rings. The number of hydrogen-bond acceptors (Lipinski definition) is 9. The van der Waals surface area contributed by atoms with Gasteiger partial charge in [0.05, 0.1) is 0 Å². The molecule has 0 amide bonds. The molecule has 10 heteroatoms. The van der Waals surface area contributed by atoms with E-state index in [2.05, 4.69) is 4.52 Å². The van der Waals surface area contributed by atoms with Gasteiger partial charge >= 0.3 is 89.8 Å². The molecule has 1 aliphatic rings. The predicted octanol–water partition coefficient (Wildman–Crippen LogP) is -3.81. The maximum absolute atomic E-state index is 9.33. The summed E-state index contributed by atoms with van der Waals surface area (Å²) in [6, 6.07) is 0. The van der Waals surface area contributed by atoms with Crippen molar-refractivity contribution >= 4 is 8.17 Å². The number of aliphatic hydroxyl groups excluding tert-OH is 4. The first-order valence-electron chi connectivity index (χ1n) is 4.41. The summed E-state index contributed by atoms with van der Waals surface area (Å²) in [5.74, 6) is 0. The Kier molecular flexibility index (Phi) is 4.55. The van der Waals surface area contributed by atoms with E-state index in [0.29, 0.717) is 0 Å². The summed E-state index contributed by atoms with van der Waals surface area (Å²) in [6.45, 7) is -0.679. The minimum absolute atomic E-state index is 0.679. The molecule has 0 aromatic heterocycles. The SMILES string of the molecule is OCC1O[C@H](O[PH](O)(O)O)C(O)C(O)[C@H]1O. The van der Waals surface area contributed by atoms with Crippen LogP contribution in [-0.4, -0.2) is 72.4 Å². The van der Waals surface area contributed by atoms with Crippen molar-refractivity contribution in [2.45, 2.75) is 30.7 Å². The monoisotopic (exact) mass is 262 g/mol. The number of aliphatic hydroxyl groups is 4. The van der Waals surface area contributed by atoms with Crippen LogP contribution >= 0.6 is 8.17 Å². The van der Waals surface area contributed by atoms with Gasteiger partial charge in [0, 0.05) is 0 Å². The third-order valence-electron chi connectivity index (χ3n) is 2.12. The molecule has 0 aliphatic carbocycles. The molecule has 0 aromatic carbocycles. The van der Waals surface area contributed by atoms with Crippen LogP contribution in [0.15, 0.2) is 0 Å². The van der Waals surface area contributed by atoms with Gasteiger partial charge in [0.2, 0.25) is 0 Å². The van der Waals surface area contributed by atoms with Gasteiger partial charge in [0.15, 0.2) is 0 Å². The third-order valence-corrected chi connectivity index (χ3v) is 2.67. The van der Waals surface area contributed by atoms with Crippen molar-refractivity contribution in [1.29, 1.82) is 0 Å². The van der Waals surface area contributed by atoms with Crippen molar-refractivity contribution in [3.8, 4) is 0 Å². The second-order valence-corrected chi connectivity index (χ2v) is 4.77. The Morgan fingerprint density at radius 2 is 1.56 bits per heavy atom. The van der Waals surface area contributed by atoms with Gasteiger partial charge in [-0.15, -0.1) is 0 Å². The standard InChI is InChI=1S/C6H15O9P/c7-1-2-3(8)4(9)5(10)6(14-2)15-16(11,12)13/h2-13,16H,1H2/t2?,3-,4?,5?,6+/m0/s1. The first kappa shape index (κ1) is 14.1. The van der Waals surface area contributed by atoms with Crippen LogP contribution in [0.3, 0.4) is 0 Å². The second-order valence-electron chi connectivity index (χ2n) is 3.39. The summed E-state index contributed by atoms with van der Waals surface area (Å²) in [5, 5.41) is 36.7. The zero-order valence-electron chi connectivity index (χ0n) is 8.04. The van der Waals surface area contributed by atoms with E-state index in [4.69, 9.17) is 24.5 Å². The molecule has 7 N–H and O–H groups in total. The molecular formula is C6H15O9P. The molecule has 1 rings (SSSR count). The van der Waals surface area contributed by atoms with Gasteiger partial charge in [0.1, 0.15) is 0 Å². The zero-order chi connectivity index (χ0) is 12.5. The van der Waals surface area contributed by atoms with Crippen molar-refractivity contribution in [1.82, 2.24) is 0 Å². The summed E-state index contributed by atoms with van der Waals surface area (Å²) < 4.78 is 8.92. The summed E-state index contributed by atoms with van der Waals surface area (Å²) >= 11 is 0. The molecule has 0 bridgehead atoms. The van der Waals surface area contributed by atoms with E-state index in [1.807, 2.05) is 0 Å². The summed E-state index contributed by atoms with van der Waals surface area (Å²) in [6.07, 6.45) is -8.04. The van der Waals surface area contributed by atoms with E-state index in [9.17, 15) is 15.3 Å². The van der Waals surface area contributed by atoms with E-state index < -0.39 is 45.5 Å². The van der Waals surface area contributed by atoms with Crippen LogP contribution in [0.4, 0.5) is 0 Å². The number of rotatable bonds is 3. The fraction of sp³-hybridized carbons (Fsp3) is 1.00. The van der Waals surface area contributed by atoms with E-state index >= 15 is 0 Å². The topological polar surface area (TPSA) is 160 Å². The second kappa shape index (κ2) is 5.15. The van der Waals surface area contributed by atoms with Gasteiger partial charge in [-0.05, 0) is 0 Å². The summed E-state index contributed by atoms with van der Waals surface area (Å²) in [4.78, 5) is 25.9. The van der Waals surface area contributed by atoms with Gasteiger partial charge in [0.25, 0.3) is 0 Å². The molecule has 0 radical (unpaired) electrons. The molecule has 98 valence electrons. The van der Waals surface area contributed by atoms with Crippen molar-refractivity contribution in [2.24, 2.45) is 0 Å². The van der Waals surface area contributed by atoms with Crippen LogP contribution < -0.4 is 0 Å². The van der Waals surface area contributed by atoms with Gasteiger partial charge < -0.3 is 0 Å². The molecule has 16 heavy (non-hydrogen) atoms. The Balaban J connectivity index is 2.71. The minimum atomic E-state index is -4.94. The Labute approximate surface area is 90.8 Å². The van der Waals surface area contributed by atoms with E-state index in [-0.39, 0.29) is 0 Å². The first-order chi connectivity index (χ1) is 7.26. The molecule has 1 saturated heterocycles. The summed E-state index contributed by atoms with van der Waals surface area (Å²) in [5.41, 5.74) is 0. The average molecular weight is 262 g/mol. The van der Waals surface area contributed by atoms with Crippen LogP contribution in [0, 0.1) is 0 Å². The maximum atomic E-state index is 9.33. The predicted molar refractivity (Wildman–Crippen MR) is 49.8 cm³/mol. The Hall–Kier alpha value is 0.0700. The van der Waals surface area contributed by atoms with Crippen molar-refractivity contribution in [3.05, 3.63) is 0 Å². The Morgan fingerprint density at radius 1 is 1.00 bits per heavy atom. The zero-order valence-corrected chi connectivity index (χ0v) is 9.04. The quantitative estimate of drug-likeness (QED) is 0.253. The van der Waals surface area contributed by atoms with Crippen molar-refractivity contribution in [2.75, 3.05) is 6.61 Å². The Bertz CT molecular complexity index is 229. The number of hydrogen-bond donors (Lipinski definition) is 7. The molecular weight excluding hydrogens is 247 g/mol. The average Bonchev–Trinajstić information content (AvgIpc) is 2.17. The van der Waals surface area contributed by atoms with Gasteiger partial charge in [-0.1, -0.05) is 0 Å². The third kappa shape index (κ3) is 3.28. The molecule has 1 aliphatic heterocycles. The fourth-order valence-electron chi connectivity index (χ4n) is 1.32. The molecule has 5 atom stereocenters. The molecule has 1 heterocycles. The molecule has 0 saturated carbocycles. The van der Waals surface area contributed by atoms with E-state index in [1.54, 1.807) is 0 Å². The van der Waals surface area contributed by atoms with Crippen LogP contribution in [0.1, 0.15) is 0 Å². The van der Waals surface area contributed by atoms with Crippen molar-refractivity contribution in [3.63, 3.8) is 0 Å². The van der Waals surface area contributed by atoms with Crippen molar-refractivity contribution < 1.29 is 44.4 Å². The van der Waals surface area contributed by atoms with E-state index in [1.165, 1.54) is 0 Å². The van der Waals surface area contributed by atoms with E-state index in [0.717, 1.165) is 0 Å². The van der Waals surface area contributed by atoms with Gasteiger partial charge in [-0.3, -0.25) is 0 Å². The van der Waals surface area contributed by atoms with Crippen LogP contribution in [-0.2, 0) is 9.26 Å². The molecule has 0 aromatic rings. The molecule has 0 spiro atoms. The van der Waals surface area contributed by atoms with Crippen LogP contribution in [0.25, 0.3) is 0 Å². The summed E-state index contributed by atoms with van der Waals surface area (Å²) in [7, 11) is -4.94.